The fraction of sp³-hybridized carbons (Fsp3) is 0.278. The molecule has 1 amide bonds. The quantitative estimate of drug-likeness (QED) is 0.730. The van der Waals surface area contributed by atoms with Crippen molar-refractivity contribution in [1.29, 1.82) is 0 Å². The molecule has 0 fully saturated rings. The Bertz CT molecular complexity index is 743. The highest BCUT2D eigenvalue weighted by molar-refractivity contribution is 6.04. The molecule has 2 rings (SSSR count). The van der Waals surface area contributed by atoms with E-state index >= 15 is 0 Å². The molecule has 6 heteroatoms. The third kappa shape index (κ3) is 4.13. The molecule has 0 heterocycles. The molecule has 0 unspecified atom stereocenters. The predicted octanol–water partition coefficient (Wildman–Crippen LogP) is 5.39. The van der Waals surface area contributed by atoms with Crippen LogP contribution in [0.25, 0.3) is 0 Å². The average molecular weight is 339 g/mol. The van der Waals surface area contributed by atoms with Gasteiger partial charge in [0.1, 0.15) is 5.82 Å². The number of amides is 1. The summed E-state index contributed by atoms with van der Waals surface area (Å²) in [5, 5.41) is 2.18. The van der Waals surface area contributed by atoms with E-state index in [0.29, 0.717) is 18.2 Å². The normalized spacial score (nSPS) is 12.1. The fourth-order valence-corrected chi connectivity index (χ4v) is 2.11. The molecular weight excluding hydrogens is 322 g/mol. The van der Waals surface area contributed by atoms with Gasteiger partial charge in [-0.15, -0.1) is 0 Å². The lowest BCUT2D eigenvalue weighted by Gasteiger charge is -2.19. The Morgan fingerprint density at radius 1 is 0.917 bits per heavy atom. The number of benzene rings is 2. The van der Waals surface area contributed by atoms with Gasteiger partial charge in [0.05, 0.1) is 11.3 Å². The van der Waals surface area contributed by atoms with Crippen LogP contribution in [0.4, 0.5) is 23.2 Å². The van der Waals surface area contributed by atoms with Gasteiger partial charge in [0.2, 0.25) is 0 Å². The number of anilines is 1. The molecule has 128 valence electrons. The number of nitrogens with one attached hydrogen (secondary N) is 1. The van der Waals surface area contributed by atoms with Crippen LogP contribution in [0.5, 0.6) is 0 Å². The summed E-state index contributed by atoms with van der Waals surface area (Å²) in [6.07, 6.45) is -4.61. The minimum Gasteiger partial charge on any atom is -0.319 e. The Balaban J connectivity index is 2.24. The first-order valence-corrected chi connectivity index (χ1v) is 7.27. The largest absolute Gasteiger partial charge is 0.416 e. The third-order valence-corrected chi connectivity index (χ3v) is 3.56. The molecule has 0 aliphatic rings. The molecule has 0 bridgehead atoms. The van der Waals surface area contributed by atoms with Gasteiger partial charge in [-0.2, -0.15) is 13.2 Å². The van der Waals surface area contributed by atoms with Crippen LogP contribution < -0.4 is 5.32 Å². The molecule has 0 aromatic heterocycles. The van der Waals surface area contributed by atoms with Crippen LogP contribution in [-0.4, -0.2) is 5.91 Å². The standard InChI is InChI=1S/C18H17F4NO/c1-17(2,3)12-6-4-11(5-7-12)16(24)23-15-10-13(18(20,21)22)8-9-14(15)19/h4-10H,1-3H3,(H,23,24). The Morgan fingerprint density at radius 2 is 1.46 bits per heavy atom. The van der Waals surface area contributed by atoms with Gasteiger partial charge in [-0.1, -0.05) is 32.9 Å². The van der Waals surface area contributed by atoms with E-state index in [-0.39, 0.29) is 11.0 Å². The Labute approximate surface area is 137 Å². The first-order valence-electron chi connectivity index (χ1n) is 7.27. The van der Waals surface area contributed by atoms with Gasteiger partial charge in [-0.3, -0.25) is 4.79 Å². The number of hydrogen-bond donors (Lipinski definition) is 1. The molecule has 0 saturated heterocycles. The van der Waals surface area contributed by atoms with E-state index in [1.54, 1.807) is 24.3 Å². The number of alkyl halides is 3. The van der Waals surface area contributed by atoms with E-state index in [2.05, 4.69) is 5.32 Å². The first-order chi connectivity index (χ1) is 11.0. The highest BCUT2D eigenvalue weighted by Gasteiger charge is 2.31. The molecule has 1 N–H and O–H groups in total. The van der Waals surface area contributed by atoms with Crippen LogP contribution in [-0.2, 0) is 11.6 Å². The maximum Gasteiger partial charge on any atom is 0.416 e. The summed E-state index contributed by atoms with van der Waals surface area (Å²) < 4.78 is 51.7. The predicted molar refractivity (Wildman–Crippen MR) is 84.5 cm³/mol. The van der Waals surface area contributed by atoms with Crippen LogP contribution in [0, 0.1) is 5.82 Å². The summed E-state index contributed by atoms with van der Waals surface area (Å²) in [6.45, 7) is 6.04. The van der Waals surface area contributed by atoms with Crippen LogP contribution in [0.2, 0.25) is 0 Å². The maximum absolute atomic E-state index is 13.7. The van der Waals surface area contributed by atoms with E-state index in [1.807, 2.05) is 20.8 Å². The van der Waals surface area contributed by atoms with Crippen molar-refractivity contribution in [2.75, 3.05) is 5.32 Å². The van der Waals surface area contributed by atoms with Crippen LogP contribution >= 0.6 is 0 Å². The molecule has 0 radical (unpaired) electrons. The van der Waals surface area contributed by atoms with E-state index < -0.39 is 29.2 Å². The highest BCUT2D eigenvalue weighted by Crippen LogP contribution is 2.32. The van der Waals surface area contributed by atoms with Crippen molar-refractivity contribution < 1.29 is 22.4 Å². The third-order valence-electron chi connectivity index (χ3n) is 3.56. The minimum absolute atomic E-state index is 0.0951. The van der Waals surface area contributed by atoms with E-state index in [0.717, 1.165) is 5.56 Å². The molecule has 0 atom stereocenters. The molecule has 2 aromatic rings. The molecule has 0 spiro atoms. The Kier molecular flexibility index (Phi) is 4.69. The second kappa shape index (κ2) is 6.26. The molecule has 24 heavy (non-hydrogen) atoms. The van der Waals surface area contributed by atoms with Gasteiger partial charge in [0.25, 0.3) is 5.91 Å². The van der Waals surface area contributed by atoms with Crippen molar-refractivity contribution in [2.24, 2.45) is 0 Å². The van der Waals surface area contributed by atoms with E-state index in [4.69, 9.17) is 0 Å². The van der Waals surface area contributed by atoms with Gasteiger partial charge < -0.3 is 5.32 Å². The van der Waals surface area contributed by atoms with Crippen LogP contribution in [0.1, 0.15) is 42.3 Å². The molecule has 0 aliphatic carbocycles. The van der Waals surface area contributed by atoms with Crippen molar-refractivity contribution >= 4 is 11.6 Å². The van der Waals surface area contributed by atoms with Crippen LogP contribution in [0.15, 0.2) is 42.5 Å². The zero-order chi connectivity index (χ0) is 18.1. The van der Waals surface area contributed by atoms with Crippen molar-refractivity contribution in [1.82, 2.24) is 0 Å². The summed E-state index contributed by atoms with van der Waals surface area (Å²) >= 11 is 0. The molecule has 0 saturated carbocycles. The number of carbonyl (C=O) groups is 1. The zero-order valence-electron chi connectivity index (χ0n) is 13.5. The first kappa shape index (κ1) is 18.0. The van der Waals surface area contributed by atoms with Crippen molar-refractivity contribution in [3.8, 4) is 0 Å². The van der Waals surface area contributed by atoms with Gasteiger partial charge in [-0.05, 0) is 41.3 Å². The van der Waals surface area contributed by atoms with E-state index in [1.165, 1.54) is 0 Å². The molecule has 0 aliphatic heterocycles. The van der Waals surface area contributed by atoms with Gasteiger partial charge in [0.15, 0.2) is 0 Å². The second-order valence-corrected chi connectivity index (χ2v) is 6.47. The summed E-state index contributed by atoms with van der Waals surface area (Å²) in [6, 6.07) is 8.53. The van der Waals surface area contributed by atoms with Crippen molar-refractivity contribution in [3.63, 3.8) is 0 Å². The smallest absolute Gasteiger partial charge is 0.319 e. The summed E-state index contributed by atoms with van der Waals surface area (Å²) in [5.41, 5.74) is -0.386. The topological polar surface area (TPSA) is 29.1 Å². The fourth-order valence-electron chi connectivity index (χ4n) is 2.11. The lowest BCUT2D eigenvalue weighted by molar-refractivity contribution is -0.137. The summed E-state index contributed by atoms with van der Waals surface area (Å²) in [5.74, 6) is -1.60. The van der Waals surface area contributed by atoms with E-state index in [9.17, 15) is 22.4 Å². The molecule has 2 nitrogen and oxygen atoms in total. The highest BCUT2D eigenvalue weighted by atomic mass is 19.4. The number of halogens is 4. The molecule has 2 aromatic carbocycles. The Morgan fingerprint density at radius 3 is 1.96 bits per heavy atom. The lowest BCUT2D eigenvalue weighted by atomic mass is 9.87. The lowest BCUT2D eigenvalue weighted by Crippen LogP contribution is -2.16. The summed E-state index contributed by atoms with van der Waals surface area (Å²) in [4.78, 5) is 12.1. The summed E-state index contributed by atoms with van der Waals surface area (Å²) in [7, 11) is 0. The maximum atomic E-state index is 13.7. The number of hydrogen-bond acceptors (Lipinski definition) is 1. The van der Waals surface area contributed by atoms with Crippen molar-refractivity contribution in [3.05, 3.63) is 65.0 Å². The monoisotopic (exact) mass is 339 g/mol. The SMILES string of the molecule is CC(C)(C)c1ccc(C(=O)Nc2cc(C(F)(F)F)ccc2F)cc1. The zero-order valence-corrected chi connectivity index (χ0v) is 13.5. The molecular formula is C18H17F4NO. The Hall–Kier alpha value is -2.37. The van der Waals surface area contributed by atoms with Gasteiger partial charge in [0, 0.05) is 5.56 Å². The van der Waals surface area contributed by atoms with Gasteiger partial charge >= 0.3 is 6.18 Å². The number of rotatable bonds is 2. The minimum atomic E-state index is -4.61. The number of carbonyl (C=O) groups excluding carboxylic acids is 1. The van der Waals surface area contributed by atoms with Crippen molar-refractivity contribution in [2.45, 2.75) is 32.4 Å². The van der Waals surface area contributed by atoms with Crippen LogP contribution in [0.3, 0.4) is 0 Å². The average Bonchev–Trinajstić information content (AvgIpc) is 2.47. The second-order valence-electron chi connectivity index (χ2n) is 6.47. The van der Waals surface area contributed by atoms with Gasteiger partial charge in [-0.25, -0.2) is 4.39 Å².